The van der Waals surface area contributed by atoms with Gasteiger partial charge in [-0.1, -0.05) is 44.9 Å². The van der Waals surface area contributed by atoms with E-state index in [4.69, 9.17) is 9.41 Å². The van der Waals surface area contributed by atoms with Crippen LogP contribution in [-0.2, 0) is 0 Å². The molecule has 1 aliphatic heterocycles. The van der Waals surface area contributed by atoms with Crippen molar-refractivity contribution in [3.8, 4) is 0 Å². The molecule has 1 aliphatic rings. The van der Waals surface area contributed by atoms with Crippen LogP contribution in [-0.4, -0.2) is 29.5 Å². The van der Waals surface area contributed by atoms with Crippen molar-refractivity contribution in [3.63, 3.8) is 0 Å². The minimum Gasteiger partial charge on any atom is -0.404 e. The lowest BCUT2D eigenvalue weighted by Crippen LogP contribution is -2.31. The summed E-state index contributed by atoms with van der Waals surface area (Å²) in [5.74, 6) is 0.492. The Kier molecular flexibility index (Phi) is 8.36. The van der Waals surface area contributed by atoms with Crippen LogP contribution < -0.4 is 4.90 Å². The highest BCUT2D eigenvalue weighted by Gasteiger charge is 2.22. The third-order valence-corrected chi connectivity index (χ3v) is 4.84. The lowest BCUT2D eigenvalue weighted by molar-refractivity contribution is 0.515. The Morgan fingerprint density at radius 1 is 1.36 bits per heavy atom. The quantitative estimate of drug-likeness (QED) is 0.392. The summed E-state index contributed by atoms with van der Waals surface area (Å²) in [5.41, 5.74) is 3.18. The molecule has 1 atom stereocenters. The maximum absolute atomic E-state index is 13.4. The largest absolute Gasteiger partial charge is 0.404 e. The first kappa shape index (κ1) is 21.8. The van der Waals surface area contributed by atoms with E-state index < -0.39 is 5.83 Å². The van der Waals surface area contributed by atoms with Crippen molar-refractivity contribution in [2.75, 3.05) is 18.0 Å². The van der Waals surface area contributed by atoms with E-state index >= 15 is 0 Å². The van der Waals surface area contributed by atoms with Crippen molar-refractivity contribution in [2.45, 2.75) is 53.4 Å². The minimum absolute atomic E-state index is 0.395. The molecule has 1 aromatic rings. The predicted molar refractivity (Wildman–Crippen MR) is 114 cm³/mol. The van der Waals surface area contributed by atoms with Crippen LogP contribution >= 0.6 is 0 Å². The van der Waals surface area contributed by atoms with Crippen molar-refractivity contribution >= 4 is 17.8 Å². The topological polar surface area (TPSA) is 54.5 Å². The molecule has 5 nitrogen and oxygen atoms in total. The Hall–Kier alpha value is -2.50. The number of nitrogens with zero attached hydrogens (tertiary/aromatic N) is 4. The standard InChI is InChI=1S/C22H31FN4O/c1-6-9-18(10-11-19(23)8-3)21-25-26-22(28-21)27-13-12-17(5)20(15-27)24-14-16(4)7-2/h8,10-11,14,16H,3,6-7,9,12-13,15H2,1-2,4-5H3/b18-10+,19-11+,24-14?. The normalized spacial score (nSPS) is 17.5. The lowest BCUT2D eigenvalue weighted by Gasteiger charge is -2.26. The smallest absolute Gasteiger partial charge is 0.318 e. The maximum atomic E-state index is 13.4. The molecule has 0 bridgehead atoms. The number of hydrogen-bond acceptors (Lipinski definition) is 5. The number of aliphatic imine (C=N–C) groups is 1. The van der Waals surface area contributed by atoms with Gasteiger partial charge in [-0.3, -0.25) is 4.99 Å². The van der Waals surface area contributed by atoms with E-state index in [0.29, 0.717) is 24.4 Å². The van der Waals surface area contributed by atoms with Gasteiger partial charge in [0.1, 0.15) is 5.83 Å². The van der Waals surface area contributed by atoms with Gasteiger partial charge in [0.25, 0.3) is 0 Å². The van der Waals surface area contributed by atoms with Crippen LogP contribution in [0.4, 0.5) is 10.4 Å². The van der Waals surface area contributed by atoms with Gasteiger partial charge in [-0.15, -0.1) is 5.10 Å². The molecule has 152 valence electrons. The van der Waals surface area contributed by atoms with Gasteiger partial charge in [-0.25, -0.2) is 4.39 Å². The van der Waals surface area contributed by atoms with Crippen LogP contribution in [0.2, 0.25) is 0 Å². The second-order valence-electron chi connectivity index (χ2n) is 7.15. The minimum atomic E-state index is -0.395. The van der Waals surface area contributed by atoms with E-state index in [1.807, 2.05) is 6.21 Å². The molecule has 2 heterocycles. The molecular weight excluding hydrogens is 355 g/mol. The summed E-state index contributed by atoms with van der Waals surface area (Å²) in [7, 11) is 0. The van der Waals surface area contributed by atoms with Gasteiger partial charge in [0.15, 0.2) is 0 Å². The van der Waals surface area contributed by atoms with E-state index in [1.165, 1.54) is 17.7 Å². The first-order chi connectivity index (χ1) is 13.5. The second-order valence-corrected chi connectivity index (χ2v) is 7.15. The van der Waals surface area contributed by atoms with Gasteiger partial charge in [-0.2, -0.15) is 0 Å². The van der Waals surface area contributed by atoms with Crippen molar-refractivity contribution < 1.29 is 8.81 Å². The summed E-state index contributed by atoms with van der Waals surface area (Å²) in [4.78, 5) is 6.75. The van der Waals surface area contributed by atoms with Gasteiger partial charge in [0.2, 0.25) is 5.89 Å². The van der Waals surface area contributed by atoms with Crippen LogP contribution in [0.5, 0.6) is 0 Å². The molecule has 0 N–H and O–H groups in total. The van der Waals surface area contributed by atoms with Gasteiger partial charge >= 0.3 is 6.01 Å². The zero-order valence-corrected chi connectivity index (χ0v) is 17.4. The number of halogens is 1. The van der Waals surface area contributed by atoms with Crippen molar-refractivity contribution in [3.05, 3.63) is 47.8 Å². The molecule has 6 heteroatoms. The highest BCUT2D eigenvalue weighted by molar-refractivity contribution is 5.63. The second kappa shape index (κ2) is 10.7. The molecule has 28 heavy (non-hydrogen) atoms. The SMILES string of the molecule is C=C/C(F)=C\C=C(/CCC)c1nnc(N2CCC(C)=C(N=CC(C)CC)C2)o1. The van der Waals surface area contributed by atoms with Gasteiger partial charge in [-0.05, 0) is 49.8 Å². The van der Waals surface area contributed by atoms with E-state index in [0.717, 1.165) is 43.5 Å². The number of rotatable bonds is 9. The molecule has 0 saturated carbocycles. The maximum Gasteiger partial charge on any atom is 0.318 e. The predicted octanol–water partition coefficient (Wildman–Crippen LogP) is 5.89. The Balaban J connectivity index is 2.18. The summed E-state index contributed by atoms with van der Waals surface area (Å²) in [6.45, 7) is 13.4. The Morgan fingerprint density at radius 2 is 2.14 bits per heavy atom. The summed E-state index contributed by atoms with van der Waals surface area (Å²) < 4.78 is 19.3. The Bertz CT molecular complexity index is 788. The Morgan fingerprint density at radius 3 is 2.82 bits per heavy atom. The van der Waals surface area contributed by atoms with E-state index in [9.17, 15) is 4.39 Å². The van der Waals surface area contributed by atoms with Crippen LogP contribution in [0.25, 0.3) is 5.57 Å². The summed E-state index contributed by atoms with van der Waals surface area (Å²) in [5, 5.41) is 8.41. The molecular formula is C22H31FN4O. The van der Waals surface area contributed by atoms with E-state index in [-0.39, 0.29) is 0 Å². The first-order valence-electron chi connectivity index (χ1n) is 9.98. The molecule has 0 aliphatic carbocycles. The summed E-state index contributed by atoms with van der Waals surface area (Å²) in [6.07, 6.45) is 9.85. The fraction of sp³-hybridized carbons (Fsp3) is 0.500. The number of hydrogen-bond donors (Lipinski definition) is 0. The first-order valence-corrected chi connectivity index (χ1v) is 9.98. The van der Waals surface area contributed by atoms with Crippen LogP contribution in [0, 0.1) is 5.92 Å². The van der Waals surface area contributed by atoms with E-state index in [1.54, 1.807) is 6.08 Å². The fourth-order valence-electron chi connectivity index (χ4n) is 2.73. The summed E-state index contributed by atoms with van der Waals surface area (Å²) >= 11 is 0. The molecule has 0 aromatic carbocycles. The molecule has 0 fully saturated rings. The number of allylic oxidation sites excluding steroid dienone is 5. The average Bonchev–Trinajstić information content (AvgIpc) is 3.19. The van der Waals surface area contributed by atoms with Crippen LogP contribution in [0.3, 0.4) is 0 Å². The average molecular weight is 387 g/mol. The third kappa shape index (κ3) is 6.01. The highest BCUT2D eigenvalue weighted by Crippen LogP contribution is 2.26. The van der Waals surface area contributed by atoms with Crippen molar-refractivity contribution in [1.82, 2.24) is 10.2 Å². The number of anilines is 1. The zero-order valence-electron chi connectivity index (χ0n) is 17.4. The van der Waals surface area contributed by atoms with Crippen LogP contribution in [0.15, 0.2) is 51.3 Å². The van der Waals surface area contributed by atoms with Crippen molar-refractivity contribution in [2.24, 2.45) is 10.9 Å². The van der Waals surface area contributed by atoms with Crippen LogP contribution in [0.1, 0.15) is 59.3 Å². The molecule has 1 unspecified atom stereocenters. The monoisotopic (exact) mass is 386 g/mol. The van der Waals surface area contributed by atoms with Gasteiger partial charge in [0, 0.05) is 18.3 Å². The van der Waals surface area contributed by atoms with Gasteiger partial charge in [0.05, 0.1) is 12.2 Å². The summed E-state index contributed by atoms with van der Waals surface area (Å²) in [6, 6.07) is 0.480. The third-order valence-electron chi connectivity index (χ3n) is 4.84. The molecule has 0 radical (unpaired) electrons. The zero-order chi connectivity index (χ0) is 20.5. The highest BCUT2D eigenvalue weighted by atomic mass is 19.1. The fourth-order valence-corrected chi connectivity index (χ4v) is 2.73. The molecule has 0 saturated heterocycles. The Labute approximate surface area is 167 Å². The van der Waals surface area contributed by atoms with Gasteiger partial charge < -0.3 is 9.32 Å². The van der Waals surface area contributed by atoms with Crippen molar-refractivity contribution in [1.29, 1.82) is 0 Å². The molecule has 2 rings (SSSR count). The lowest BCUT2D eigenvalue weighted by atomic mass is 10.1. The number of aromatic nitrogens is 2. The molecule has 1 aromatic heterocycles. The molecule has 0 amide bonds. The molecule has 0 spiro atoms. The van der Waals surface area contributed by atoms with E-state index in [2.05, 4.69) is 49.4 Å².